The molecule has 1 amide bonds. The second-order valence-corrected chi connectivity index (χ2v) is 7.30. The van der Waals surface area contributed by atoms with Crippen LogP contribution in [0.4, 0.5) is 0 Å². The topological polar surface area (TPSA) is 80.3 Å². The third kappa shape index (κ3) is 6.62. The summed E-state index contributed by atoms with van der Waals surface area (Å²) in [5.74, 6) is 0.916. The van der Waals surface area contributed by atoms with E-state index in [-0.39, 0.29) is 0 Å². The van der Waals surface area contributed by atoms with Crippen LogP contribution in [0.25, 0.3) is 6.08 Å². The fourth-order valence-electron chi connectivity index (χ4n) is 2.82. The minimum Gasteiger partial charge on any atom is -0.492 e. The molecule has 1 aliphatic heterocycles. The molecule has 2 aromatic rings. The highest BCUT2D eigenvalue weighted by Gasteiger charge is 2.11. The van der Waals surface area contributed by atoms with E-state index in [0.29, 0.717) is 39.5 Å². The zero-order valence-corrected chi connectivity index (χ0v) is 17.7. The first-order valence-corrected chi connectivity index (χ1v) is 10.1. The molecule has 2 aromatic carbocycles. The number of hydrogen-bond donors (Lipinski definition) is 2. The number of ether oxygens (including phenoxy) is 3. The fourth-order valence-corrected chi connectivity index (χ4v) is 3.11. The Morgan fingerprint density at radius 1 is 1.13 bits per heavy atom. The number of halogens is 2. The van der Waals surface area contributed by atoms with E-state index in [2.05, 4.69) is 4.90 Å². The van der Waals surface area contributed by atoms with Crippen LogP contribution in [0.1, 0.15) is 5.56 Å². The summed E-state index contributed by atoms with van der Waals surface area (Å²) in [6.45, 7) is 4.59. The van der Waals surface area contributed by atoms with E-state index < -0.39 is 5.91 Å². The molecule has 0 radical (unpaired) electrons. The summed E-state index contributed by atoms with van der Waals surface area (Å²) in [7, 11) is 0. The predicted octanol–water partition coefficient (Wildman–Crippen LogP) is 4.02. The first-order valence-electron chi connectivity index (χ1n) is 9.37. The number of nitrogens with zero attached hydrogens (tertiary/aromatic N) is 1. The van der Waals surface area contributed by atoms with Crippen LogP contribution in [-0.2, 0) is 9.53 Å². The number of hydrogen-bond acceptors (Lipinski definition) is 6. The van der Waals surface area contributed by atoms with E-state index in [1.807, 2.05) is 0 Å². The van der Waals surface area contributed by atoms with E-state index >= 15 is 0 Å². The first kappa shape index (κ1) is 22.4. The van der Waals surface area contributed by atoms with E-state index in [1.54, 1.807) is 41.9 Å². The van der Waals surface area contributed by atoms with Crippen molar-refractivity contribution in [2.45, 2.75) is 0 Å². The summed E-state index contributed by atoms with van der Waals surface area (Å²) in [5, 5.41) is 9.47. The van der Waals surface area contributed by atoms with Crippen LogP contribution in [0.3, 0.4) is 0 Å². The van der Waals surface area contributed by atoms with Crippen molar-refractivity contribution in [2.24, 2.45) is 0 Å². The summed E-state index contributed by atoms with van der Waals surface area (Å²) < 4.78 is 17.2. The van der Waals surface area contributed by atoms with Crippen molar-refractivity contribution in [1.29, 1.82) is 0 Å². The third-order valence-electron chi connectivity index (χ3n) is 4.41. The number of amides is 1. The molecule has 30 heavy (non-hydrogen) atoms. The Morgan fingerprint density at radius 2 is 1.90 bits per heavy atom. The fraction of sp³-hybridized carbons (Fsp3) is 0.286. The summed E-state index contributed by atoms with van der Waals surface area (Å²) in [5.41, 5.74) is 2.17. The molecule has 1 heterocycles. The Kier molecular flexibility index (Phi) is 8.36. The lowest BCUT2D eigenvalue weighted by Crippen LogP contribution is -2.38. The number of carbonyl (C=O) groups is 1. The maximum Gasteiger partial charge on any atom is 0.267 e. The number of rotatable bonds is 8. The van der Waals surface area contributed by atoms with Gasteiger partial charge in [0.2, 0.25) is 0 Å². The molecule has 0 atom stereocenters. The van der Waals surface area contributed by atoms with E-state index in [4.69, 9.17) is 42.6 Å². The average Bonchev–Trinajstić information content (AvgIpc) is 2.76. The standard InChI is InChI=1S/C21H22Cl2N2O5/c22-18-5-4-17(13-19(18)23)30-20-14-16(3-1-15(20)2-6-21(26)24-27)29-12-9-25-7-10-28-11-8-25/h1-6,13-14,27H,7-12H2,(H,24,26)/b6-2+. The lowest BCUT2D eigenvalue weighted by Gasteiger charge is -2.26. The van der Waals surface area contributed by atoms with Crippen molar-refractivity contribution in [2.75, 3.05) is 39.5 Å². The average molecular weight is 453 g/mol. The Hall–Kier alpha value is -2.29. The smallest absolute Gasteiger partial charge is 0.267 e. The van der Waals surface area contributed by atoms with Crippen LogP contribution in [0.2, 0.25) is 10.0 Å². The highest BCUT2D eigenvalue weighted by molar-refractivity contribution is 6.42. The van der Waals surface area contributed by atoms with Crippen molar-refractivity contribution >= 4 is 35.2 Å². The van der Waals surface area contributed by atoms with Crippen molar-refractivity contribution in [3.63, 3.8) is 0 Å². The largest absolute Gasteiger partial charge is 0.492 e. The second-order valence-electron chi connectivity index (χ2n) is 6.49. The van der Waals surface area contributed by atoms with Crippen LogP contribution in [0.5, 0.6) is 17.2 Å². The molecule has 1 saturated heterocycles. The molecular weight excluding hydrogens is 431 g/mol. The highest BCUT2D eigenvalue weighted by Crippen LogP contribution is 2.33. The number of nitrogens with one attached hydrogen (secondary N) is 1. The van der Waals surface area contributed by atoms with Gasteiger partial charge in [-0.1, -0.05) is 23.2 Å². The van der Waals surface area contributed by atoms with Gasteiger partial charge in [0.05, 0.1) is 23.3 Å². The van der Waals surface area contributed by atoms with Gasteiger partial charge in [0, 0.05) is 43.4 Å². The molecule has 1 aliphatic rings. The van der Waals surface area contributed by atoms with Crippen molar-refractivity contribution in [1.82, 2.24) is 10.4 Å². The second kappa shape index (κ2) is 11.2. The SMILES string of the molecule is O=C(/C=C/c1ccc(OCCN2CCOCC2)cc1Oc1ccc(Cl)c(Cl)c1)NO. The zero-order chi connectivity index (χ0) is 21.3. The van der Waals surface area contributed by atoms with Gasteiger partial charge < -0.3 is 14.2 Å². The predicted molar refractivity (Wildman–Crippen MR) is 115 cm³/mol. The van der Waals surface area contributed by atoms with E-state index in [0.717, 1.165) is 32.8 Å². The maximum atomic E-state index is 11.3. The normalized spacial score (nSPS) is 14.6. The molecule has 3 rings (SSSR count). The van der Waals surface area contributed by atoms with Crippen molar-refractivity contribution in [3.05, 3.63) is 58.1 Å². The molecule has 0 saturated carbocycles. The van der Waals surface area contributed by atoms with E-state index in [1.165, 1.54) is 12.2 Å². The molecule has 0 unspecified atom stereocenters. The van der Waals surface area contributed by atoms with Crippen molar-refractivity contribution in [3.8, 4) is 17.2 Å². The lowest BCUT2D eigenvalue weighted by molar-refractivity contribution is -0.124. The molecule has 2 N–H and O–H groups in total. The Bertz CT molecular complexity index is 901. The van der Waals surface area contributed by atoms with Gasteiger partial charge in [-0.25, -0.2) is 5.48 Å². The minimum absolute atomic E-state index is 0.365. The zero-order valence-electron chi connectivity index (χ0n) is 16.1. The van der Waals surface area contributed by atoms with Crippen LogP contribution in [-0.4, -0.2) is 55.5 Å². The quantitative estimate of drug-likeness (QED) is 0.357. The molecule has 9 heteroatoms. The molecule has 7 nitrogen and oxygen atoms in total. The van der Waals surface area contributed by atoms with Gasteiger partial charge in [0.25, 0.3) is 5.91 Å². The van der Waals surface area contributed by atoms with Crippen LogP contribution in [0.15, 0.2) is 42.5 Å². The van der Waals surface area contributed by atoms with Gasteiger partial charge in [0.15, 0.2) is 0 Å². The molecule has 1 fully saturated rings. The maximum absolute atomic E-state index is 11.3. The molecule has 0 aliphatic carbocycles. The van der Waals surface area contributed by atoms with Gasteiger partial charge in [-0.2, -0.15) is 0 Å². The minimum atomic E-state index is -0.652. The van der Waals surface area contributed by atoms with Crippen molar-refractivity contribution < 1.29 is 24.2 Å². The van der Waals surface area contributed by atoms with Gasteiger partial charge in [0.1, 0.15) is 23.9 Å². The number of morpholine rings is 1. The number of benzene rings is 2. The van der Waals surface area contributed by atoms with Gasteiger partial charge in [-0.05, 0) is 30.3 Å². The summed E-state index contributed by atoms with van der Waals surface area (Å²) in [6, 6.07) is 10.2. The van der Waals surface area contributed by atoms with Gasteiger partial charge >= 0.3 is 0 Å². The van der Waals surface area contributed by atoms with Crippen LogP contribution >= 0.6 is 23.2 Å². The monoisotopic (exact) mass is 452 g/mol. The van der Waals surface area contributed by atoms with Gasteiger partial charge in [-0.3, -0.25) is 14.9 Å². The summed E-state index contributed by atoms with van der Waals surface area (Å²) in [6.07, 6.45) is 2.71. The first-order chi connectivity index (χ1) is 14.5. The Balaban J connectivity index is 1.74. The lowest BCUT2D eigenvalue weighted by atomic mass is 10.1. The molecule has 160 valence electrons. The number of hydroxylamine groups is 1. The highest BCUT2D eigenvalue weighted by atomic mass is 35.5. The Labute approximate surface area is 184 Å². The van der Waals surface area contributed by atoms with Crippen LogP contribution in [0, 0.1) is 0 Å². The molecular formula is C21H22Cl2N2O5. The third-order valence-corrected chi connectivity index (χ3v) is 5.15. The van der Waals surface area contributed by atoms with Crippen LogP contribution < -0.4 is 15.0 Å². The molecule has 0 bridgehead atoms. The molecule has 0 spiro atoms. The summed E-state index contributed by atoms with van der Waals surface area (Å²) in [4.78, 5) is 13.6. The van der Waals surface area contributed by atoms with Gasteiger partial charge in [-0.15, -0.1) is 0 Å². The Morgan fingerprint density at radius 3 is 2.63 bits per heavy atom. The number of carbonyl (C=O) groups excluding carboxylic acids is 1. The molecule has 0 aromatic heterocycles. The van der Waals surface area contributed by atoms with E-state index in [9.17, 15) is 4.79 Å². The summed E-state index contributed by atoms with van der Waals surface area (Å²) >= 11 is 12.0.